The van der Waals surface area contributed by atoms with E-state index in [0.29, 0.717) is 34.3 Å². The average Bonchev–Trinajstić information content (AvgIpc) is 3.61. The summed E-state index contributed by atoms with van der Waals surface area (Å²) in [6, 6.07) is 14.2. The number of aryl methyl sites for hydroxylation is 1. The van der Waals surface area contributed by atoms with Crippen LogP contribution in [0.5, 0.6) is 0 Å². The molecule has 0 unspecified atom stereocenters. The molecule has 1 saturated carbocycles. The van der Waals surface area contributed by atoms with E-state index in [0.717, 1.165) is 12.8 Å². The summed E-state index contributed by atoms with van der Waals surface area (Å²) in [6.45, 7) is 0.0598. The Balaban J connectivity index is 1.43. The second kappa shape index (κ2) is 8.49. The summed E-state index contributed by atoms with van der Waals surface area (Å²) >= 11 is 0. The largest absolute Gasteiger partial charge is 0.465 e. The Kier molecular flexibility index (Phi) is 5.61. The highest BCUT2D eigenvalue weighted by atomic mass is 16.5. The molecule has 7 nitrogen and oxygen atoms in total. The van der Waals surface area contributed by atoms with Crippen LogP contribution in [0.2, 0.25) is 0 Å². The summed E-state index contributed by atoms with van der Waals surface area (Å²) in [4.78, 5) is 41.4. The fraction of sp³-hybridized carbons (Fsp3) is 0.304. The molecule has 3 aromatic rings. The van der Waals surface area contributed by atoms with Crippen molar-refractivity contribution in [2.24, 2.45) is 0 Å². The molecule has 0 atom stereocenters. The molecule has 0 radical (unpaired) electrons. The van der Waals surface area contributed by atoms with Crippen LogP contribution in [0.1, 0.15) is 47.1 Å². The van der Waals surface area contributed by atoms with Gasteiger partial charge in [-0.15, -0.1) is 0 Å². The van der Waals surface area contributed by atoms with Gasteiger partial charge in [0.05, 0.1) is 30.0 Å². The van der Waals surface area contributed by atoms with Gasteiger partial charge in [0, 0.05) is 12.5 Å². The molecule has 0 N–H and O–H groups in total. The standard InChI is InChI=1S/C23H22N2O5/c1-29-23(28)16-6-4-5-15(13-16)14-30-21(26)12-11-20-24-19-8-3-2-7-18(19)22(27)25(20)17-9-10-17/h2-8,13,17H,9-12,14H2,1H3. The Morgan fingerprint density at radius 2 is 1.93 bits per heavy atom. The highest BCUT2D eigenvalue weighted by molar-refractivity contribution is 5.89. The van der Waals surface area contributed by atoms with E-state index in [1.165, 1.54) is 7.11 Å². The van der Waals surface area contributed by atoms with Gasteiger partial charge in [0.2, 0.25) is 0 Å². The number of para-hydroxylation sites is 1. The number of methoxy groups -OCH3 is 1. The molecule has 30 heavy (non-hydrogen) atoms. The summed E-state index contributed by atoms with van der Waals surface area (Å²) in [5.41, 5.74) is 1.69. The number of carbonyl (C=O) groups is 2. The summed E-state index contributed by atoms with van der Waals surface area (Å²) < 4.78 is 11.8. The van der Waals surface area contributed by atoms with Gasteiger partial charge in [0.15, 0.2) is 0 Å². The molecule has 0 saturated heterocycles. The molecule has 7 heteroatoms. The number of hydrogen-bond donors (Lipinski definition) is 0. The molecule has 1 aliphatic rings. The van der Waals surface area contributed by atoms with Crippen LogP contribution >= 0.6 is 0 Å². The summed E-state index contributed by atoms with van der Waals surface area (Å²) in [6.07, 6.45) is 2.35. The van der Waals surface area contributed by atoms with Gasteiger partial charge in [0.25, 0.3) is 5.56 Å². The van der Waals surface area contributed by atoms with Crippen molar-refractivity contribution in [3.8, 4) is 0 Å². The van der Waals surface area contributed by atoms with Gasteiger partial charge in [-0.2, -0.15) is 0 Å². The summed E-state index contributed by atoms with van der Waals surface area (Å²) in [7, 11) is 1.32. The van der Waals surface area contributed by atoms with Crippen LogP contribution in [0.25, 0.3) is 10.9 Å². The lowest BCUT2D eigenvalue weighted by Gasteiger charge is -2.12. The Labute approximate surface area is 173 Å². The quantitative estimate of drug-likeness (QED) is 0.560. The first-order chi connectivity index (χ1) is 14.6. The summed E-state index contributed by atoms with van der Waals surface area (Å²) in [5.74, 6) is -0.210. The van der Waals surface area contributed by atoms with Gasteiger partial charge in [-0.1, -0.05) is 24.3 Å². The number of nitrogens with zero attached hydrogens (tertiary/aromatic N) is 2. The Morgan fingerprint density at radius 1 is 1.13 bits per heavy atom. The van der Waals surface area contributed by atoms with E-state index in [2.05, 4.69) is 4.98 Å². The first kappa shape index (κ1) is 19.8. The molecule has 1 aromatic heterocycles. The first-order valence-electron chi connectivity index (χ1n) is 9.90. The number of benzene rings is 2. The van der Waals surface area contributed by atoms with Gasteiger partial charge in [-0.25, -0.2) is 9.78 Å². The molecule has 1 aliphatic carbocycles. The number of esters is 2. The van der Waals surface area contributed by atoms with Crippen molar-refractivity contribution in [3.05, 3.63) is 75.8 Å². The molecule has 1 heterocycles. The van der Waals surface area contributed by atoms with Gasteiger partial charge < -0.3 is 9.47 Å². The molecular weight excluding hydrogens is 384 g/mol. The van der Waals surface area contributed by atoms with Crippen molar-refractivity contribution in [2.45, 2.75) is 38.3 Å². The minimum atomic E-state index is -0.441. The Bertz CT molecular complexity index is 1160. The van der Waals surface area contributed by atoms with E-state index < -0.39 is 5.97 Å². The highest BCUT2D eigenvalue weighted by Crippen LogP contribution is 2.34. The smallest absolute Gasteiger partial charge is 0.337 e. The second-order valence-electron chi connectivity index (χ2n) is 7.30. The maximum atomic E-state index is 12.9. The zero-order valence-electron chi connectivity index (χ0n) is 16.7. The molecular formula is C23H22N2O5. The maximum absolute atomic E-state index is 12.9. The van der Waals surface area contributed by atoms with E-state index in [4.69, 9.17) is 9.47 Å². The van der Waals surface area contributed by atoms with Crippen molar-refractivity contribution in [2.75, 3.05) is 7.11 Å². The summed E-state index contributed by atoms with van der Waals surface area (Å²) in [5, 5.41) is 0.598. The third kappa shape index (κ3) is 4.25. The maximum Gasteiger partial charge on any atom is 0.337 e. The van der Waals surface area contributed by atoms with Crippen LogP contribution in [0, 0.1) is 0 Å². The van der Waals surface area contributed by atoms with Gasteiger partial charge in [0.1, 0.15) is 12.4 Å². The molecule has 0 aliphatic heterocycles. The number of ether oxygens (including phenoxy) is 2. The minimum Gasteiger partial charge on any atom is -0.465 e. The van der Waals surface area contributed by atoms with Crippen LogP contribution in [0.3, 0.4) is 0 Å². The van der Waals surface area contributed by atoms with Crippen LogP contribution in [-0.2, 0) is 27.3 Å². The minimum absolute atomic E-state index is 0.0499. The molecule has 2 aromatic carbocycles. The highest BCUT2D eigenvalue weighted by Gasteiger charge is 2.28. The molecule has 0 spiro atoms. The van der Waals surface area contributed by atoms with E-state index >= 15 is 0 Å². The molecule has 154 valence electrons. The second-order valence-corrected chi connectivity index (χ2v) is 7.30. The zero-order valence-corrected chi connectivity index (χ0v) is 16.7. The topological polar surface area (TPSA) is 87.5 Å². The number of rotatable bonds is 7. The van der Waals surface area contributed by atoms with Crippen molar-refractivity contribution >= 4 is 22.8 Å². The monoisotopic (exact) mass is 406 g/mol. The SMILES string of the molecule is COC(=O)c1cccc(COC(=O)CCc2nc3ccccc3c(=O)n2C2CC2)c1. The average molecular weight is 406 g/mol. The predicted octanol–water partition coefficient (Wildman–Crippen LogP) is 3.19. The Hall–Kier alpha value is -3.48. The normalized spacial score (nSPS) is 13.2. The lowest BCUT2D eigenvalue weighted by atomic mass is 10.1. The molecule has 0 amide bonds. The van der Waals surface area contributed by atoms with E-state index in [1.54, 1.807) is 34.9 Å². The van der Waals surface area contributed by atoms with Crippen molar-refractivity contribution in [3.63, 3.8) is 0 Å². The first-order valence-corrected chi connectivity index (χ1v) is 9.90. The van der Waals surface area contributed by atoms with Crippen molar-refractivity contribution in [1.82, 2.24) is 9.55 Å². The number of aromatic nitrogens is 2. The van der Waals surface area contributed by atoms with E-state index in [-0.39, 0.29) is 30.6 Å². The molecule has 0 bridgehead atoms. The van der Waals surface area contributed by atoms with Crippen molar-refractivity contribution in [1.29, 1.82) is 0 Å². The zero-order chi connectivity index (χ0) is 21.1. The number of carbonyl (C=O) groups excluding carboxylic acids is 2. The van der Waals surface area contributed by atoms with Gasteiger partial charge in [-0.05, 0) is 42.7 Å². The van der Waals surface area contributed by atoms with Crippen LogP contribution in [0.4, 0.5) is 0 Å². The van der Waals surface area contributed by atoms with Crippen LogP contribution < -0.4 is 5.56 Å². The van der Waals surface area contributed by atoms with E-state index in [9.17, 15) is 14.4 Å². The third-order valence-electron chi connectivity index (χ3n) is 5.09. The molecule has 4 rings (SSSR count). The van der Waals surface area contributed by atoms with Crippen LogP contribution in [0.15, 0.2) is 53.3 Å². The Morgan fingerprint density at radius 3 is 2.70 bits per heavy atom. The third-order valence-corrected chi connectivity index (χ3v) is 5.09. The van der Waals surface area contributed by atoms with Crippen molar-refractivity contribution < 1.29 is 19.1 Å². The predicted molar refractivity (Wildman–Crippen MR) is 110 cm³/mol. The lowest BCUT2D eigenvalue weighted by molar-refractivity contribution is -0.144. The lowest BCUT2D eigenvalue weighted by Crippen LogP contribution is -2.25. The fourth-order valence-electron chi connectivity index (χ4n) is 3.43. The van der Waals surface area contributed by atoms with E-state index in [1.807, 2.05) is 18.2 Å². The van der Waals surface area contributed by atoms with Crippen LogP contribution in [-0.4, -0.2) is 28.6 Å². The number of hydrogen-bond acceptors (Lipinski definition) is 6. The molecule has 1 fully saturated rings. The fourth-order valence-corrected chi connectivity index (χ4v) is 3.43. The van der Waals surface area contributed by atoms with Gasteiger partial charge >= 0.3 is 11.9 Å². The van der Waals surface area contributed by atoms with Gasteiger partial charge in [-0.3, -0.25) is 14.2 Å². The number of fused-ring (bicyclic) bond motifs is 1.